The van der Waals surface area contributed by atoms with Crippen LogP contribution in [0.15, 0.2) is 42.5 Å². The van der Waals surface area contributed by atoms with Gasteiger partial charge in [-0.3, -0.25) is 4.79 Å². The number of fused-ring (bicyclic) bond motifs is 1. The molecular weight excluding hydrogens is 340 g/mol. The zero-order chi connectivity index (χ0) is 17.4. The van der Waals surface area contributed by atoms with Gasteiger partial charge in [0.15, 0.2) is 0 Å². The van der Waals surface area contributed by atoms with Crippen LogP contribution in [-0.4, -0.2) is 43.0 Å². The second kappa shape index (κ2) is 6.41. The molecule has 0 N–H and O–H groups in total. The van der Waals surface area contributed by atoms with Crippen LogP contribution in [0, 0.1) is 0 Å². The van der Waals surface area contributed by atoms with Gasteiger partial charge in [-0.1, -0.05) is 17.7 Å². The first-order valence-corrected chi connectivity index (χ1v) is 8.59. The Hall–Kier alpha value is -2.53. The van der Waals surface area contributed by atoms with Crippen molar-refractivity contribution in [3.63, 3.8) is 0 Å². The summed E-state index contributed by atoms with van der Waals surface area (Å²) in [6.45, 7) is 3.14. The molecule has 128 valence electrons. The Labute approximate surface area is 150 Å². The highest BCUT2D eigenvalue weighted by Gasteiger charge is 2.25. The number of anilines is 1. The van der Waals surface area contributed by atoms with Crippen LogP contribution in [0.1, 0.15) is 26.3 Å². The fourth-order valence-corrected chi connectivity index (χ4v) is 3.48. The Bertz CT molecular complexity index is 844. The SMILES string of the molecule is O=C1OCc2cc(N3CCN(C(=O)c4cccc(Cl)c4)CC3)ccc21. The standard InChI is InChI=1S/C19H17ClN2O3/c20-15-3-1-2-13(10-15)18(23)22-8-6-21(7-9-22)16-4-5-17-14(11-16)12-25-19(17)24/h1-5,10-11H,6-9,12H2. The van der Waals surface area contributed by atoms with E-state index in [1.165, 1.54) is 0 Å². The van der Waals surface area contributed by atoms with Crippen LogP contribution in [0.25, 0.3) is 0 Å². The molecule has 5 nitrogen and oxygen atoms in total. The summed E-state index contributed by atoms with van der Waals surface area (Å²) in [4.78, 5) is 28.2. The van der Waals surface area contributed by atoms with Gasteiger partial charge in [-0.05, 0) is 36.4 Å². The summed E-state index contributed by atoms with van der Waals surface area (Å²) < 4.78 is 5.05. The van der Waals surface area contributed by atoms with E-state index in [1.807, 2.05) is 23.1 Å². The van der Waals surface area contributed by atoms with Gasteiger partial charge in [0.1, 0.15) is 6.61 Å². The molecule has 2 aromatic carbocycles. The predicted molar refractivity (Wildman–Crippen MR) is 95.1 cm³/mol. The first kappa shape index (κ1) is 16.0. The zero-order valence-corrected chi connectivity index (χ0v) is 14.3. The Morgan fingerprint density at radius 2 is 1.84 bits per heavy atom. The number of nitrogens with zero attached hydrogens (tertiary/aromatic N) is 2. The summed E-state index contributed by atoms with van der Waals surface area (Å²) in [6.07, 6.45) is 0. The molecule has 0 spiro atoms. The fourth-order valence-electron chi connectivity index (χ4n) is 3.29. The van der Waals surface area contributed by atoms with E-state index in [-0.39, 0.29) is 11.9 Å². The van der Waals surface area contributed by atoms with E-state index >= 15 is 0 Å². The van der Waals surface area contributed by atoms with Crippen LogP contribution in [0.5, 0.6) is 0 Å². The maximum Gasteiger partial charge on any atom is 0.338 e. The monoisotopic (exact) mass is 356 g/mol. The highest BCUT2D eigenvalue weighted by atomic mass is 35.5. The van der Waals surface area contributed by atoms with Crippen LogP contribution in [0.3, 0.4) is 0 Å². The van der Waals surface area contributed by atoms with Gasteiger partial charge in [-0.2, -0.15) is 0 Å². The number of benzene rings is 2. The Morgan fingerprint density at radius 3 is 2.60 bits per heavy atom. The molecule has 4 rings (SSSR count). The van der Waals surface area contributed by atoms with Crippen molar-refractivity contribution in [2.24, 2.45) is 0 Å². The van der Waals surface area contributed by atoms with E-state index in [0.717, 1.165) is 24.3 Å². The number of cyclic esters (lactones) is 1. The Morgan fingerprint density at radius 1 is 1.04 bits per heavy atom. The summed E-state index contributed by atoms with van der Waals surface area (Å²) in [5.41, 5.74) is 3.26. The van der Waals surface area contributed by atoms with E-state index in [0.29, 0.717) is 35.8 Å². The molecule has 1 fully saturated rings. The van der Waals surface area contributed by atoms with Gasteiger partial charge >= 0.3 is 5.97 Å². The Kier molecular flexibility index (Phi) is 4.09. The molecule has 2 heterocycles. The van der Waals surface area contributed by atoms with E-state index in [4.69, 9.17) is 16.3 Å². The minimum Gasteiger partial charge on any atom is -0.457 e. The van der Waals surface area contributed by atoms with Crippen LogP contribution in [0.4, 0.5) is 5.69 Å². The maximum absolute atomic E-state index is 12.6. The number of carbonyl (C=O) groups excluding carboxylic acids is 2. The summed E-state index contributed by atoms with van der Waals surface area (Å²) >= 11 is 5.97. The molecule has 0 aromatic heterocycles. The second-order valence-electron chi connectivity index (χ2n) is 6.21. The average molecular weight is 357 g/mol. The van der Waals surface area contributed by atoms with Crippen molar-refractivity contribution in [1.29, 1.82) is 0 Å². The van der Waals surface area contributed by atoms with E-state index in [1.54, 1.807) is 24.3 Å². The molecule has 0 aliphatic carbocycles. The molecule has 0 atom stereocenters. The average Bonchev–Trinajstić information content (AvgIpc) is 3.02. The number of rotatable bonds is 2. The Balaban J connectivity index is 1.43. The van der Waals surface area contributed by atoms with Crippen molar-refractivity contribution in [3.05, 3.63) is 64.2 Å². The first-order chi connectivity index (χ1) is 12.1. The molecule has 2 aliphatic heterocycles. The number of hydrogen-bond acceptors (Lipinski definition) is 4. The molecule has 0 unspecified atom stereocenters. The zero-order valence-electron chi connectivity index (χ0n) is 13.6. The van der Waals surface area contributed by atoms with Gasteiger partial charge in [0.2, 0.25) is 0 Å². The van der Waals surface area contributed by atoms with E-state index < -0.39 is 0 Å². The van der Waals surface area contributed by atoms with E-state index in [9.17, 15) is 9.59 Å². The molecule has 0 bridgehead atoms. The number of halogens is 1. The maximum atomic E-state index is 12.6. The third kappa shape index (κ3) is 3.07. The smallest absolute Gasteiger partial charge is 0.338 e. The second-order valence-corrected chi connectivity index (χ2v) is 6.64. The predicted octanol–water partition coefficient (Wildman–Crippen LogP) is 2.97. The third-order valence-corrected chi connectivity index (χ3v) is 4.91. The molecule has 2 aliphatic rings. The number of esters is 1. The van der Waals surface area contributed by atoms with Gasteiger partial charge in [-0.15, -0.1) is 0 Å². The van der Waals surface area contributed by atoms with Gasteiger partial charge < -0.3 is 14.5 Å². The van der Waals surface area contributed by atoms with E-state index in [2.05, 4.69) is 4.90 Å². The molecular formula is C19H17ClN2O3. The van der Waals surface area contributed by atoms with Crippen molar-refractivity contribution in [2.45, 2.75) is 6.61 Å². The number of amides is 1. The summed E-state index contributed by atoms with van der Waals surface area (Å²) in [5, 5.41) is 0.569. The number of hydrogen-bond donors (Lipinski definition) is 0. The minimum atomic E-state index is -0.251. The summed E-state index contributed by atoms with van der Waals surface area (Å²) in [7, 11) is 0. The molecule has 1 amide bonds. The lowest BCUT2D eigenvalue weighted by Gasteiger charge is -2.36. The lowest BCUT2D eigenvalue weighted by Crippen LogP contribution is -2.48. The topological polar surface area (TPSA) is 49.9 Å². The van der Waals surface area contributed by atoms with Crippen LogP contribution < -0.4 is 4.90 Å². The third-order valence-electron chi connectivity index (χ3n) is 4.67. The molecule has 25 heavy (non-hydrogen) atoms. The summed E-state index contributed by atoms with van der Waals surface area (Å²) in [6, 6.07) is 12.8. The molecule has 1 saturated heterocycles. The van der Waals surface area contributed by atoms with Crippen LogP contribution in [0.2, 0.25) is 5.02 Å². The highest BCUT2D eigenvalue weighted by Crippen LogP contribution is 2.26. The molecule has 0 saturated carbocycles. The van der Waals surface area contributed by atoms with Crippen molar-refractivity contribution in [2.75, 3.05) is 31.1 Å². The van der Waals surface area contributed by atoms with Crippen molar-refractivity contribution in [3.8, 4) is 0 Å². The normalized spacial score (nSPS) is 16.6. The van der Waals surface area contributed by atoms with Crippen LogP contribution >= 0.6 is 11.6 Å². The van der Waals surface area contributed by atoms with Gasteiger partial charge in [-0.25, -0.2) is 4.79 Å². The quantitative estimate of drug-likeness (QED) is 0.776. The highest BCUT2D eigenvalue weighted by molar-refractivity contribution is 6.30. The first-order valence-electron chi connectivity index (χ1n) is 8.22. The lowest BCUT2D eigenvalue weighted by atomic mass is 10.1. The van der Waals surface area contributed by atoms with Crippen molar-refractivity contribution in [1.82, 2.24) is 4.90 Å². The number of piperazine rings is 1. The van der Waals surface area contributed by atoms with Gasteiger partial charge in [0.25, 0.3) is 5.91 Å². The minimum absolute atomic E-state index is 0.00935. The number of ether oxygens (including phenoxy) is 1. The molecule has 6 heteroatoms. The molecule has 0 radical (unpaired) electrons. The van der Waals surface area contributed by atoms with Crippen molar-refractivity contribution < 1.29 is 14.3 Å². The van der Waals surface area contributed by atoms with Gasteiger partial charge in [0.05, 0.1) is 5.56 Å². The largest absolute Gasteiger partial charge is 0.457 e. The summed E-state index contributed by atoms with van der Waals surface area (Å²) in [5.74, 6) is -0.242. The van der Waals surface area contributed by atoms with Crippen molar-refractivity contribution >= 4 is 29.2 Å². The van der Waals surface area contributed by atoms with Gasteiger partial charge in [0, 0.05) is 48.0 Å². The molecule has 2 aromatic rings. The van der Waals surface area contributed by atoms with Crippen LogP contribution in [-0.2, 0) is 11.3 Å². The number of carbonyl (C=O) groups is 2. The fraction of sp³-hybridized carbons (Fsp3) is 0.263. The lowest BCUT2D eigenvalue weighted by molar-refractivity contribution is 0.0535.